The van der Waals surface area contributed by atoms with Crippen LogP contribution in [0, 0.1) is 0 Å². The summed E-state index contributed by atoms with van der Waals surface area (Å²) in [5.74, 6) is 0.319. The van der Waals surface area contributed by atoms with Crippen molar-refractivity contribution in [2.45, 2.75) is 70.2 Å². The summed E-state index contributed by atoms with van der Waals surface area (Å²) in [5, 5.41) is 17.1. The van der Waals surface area contributed by atoms with E-state index in [-0.39, 0.29) is 31.3 Å². The Bertz CT molecular complexity index is 1250. The van der Waals surface area contributed by atoms with Crippen molar-refractivity contribution in [3.8, 4) is 11.1 Å². The van der Waals surface area contributed by atoms with E-state index in [0.29, 0.717) is 19.0 Å². The zero-order chi connectivity index (χ0) is 27.4. The van der Waals surface area contributed by atoms with Crippen molar-refractivity contribution < 1.29 is 23.4 Å². The molecule has 1 amide bonds. The topological polar surface area (TPSA) is 105 Å². The lowest BCUT2D eigenvalue weighted by Crippen LogP contribution is -2.46. The van der Waals surface area contributed by atoms with Gasteiger partial charge in [-0.25, -0.2) is 18.6 Å². The largest absolute Gasteiger partial charge is 0.445 e. The van der Waals surface area contributed by atoms with Gasteiger partial charge in [-0.2, -0.15) is 4.98 Å². The maximum atomic E-state index is 12.8. The summed E-state index contributed by atoms with van der Waals surface area (Å²) in [7, 11) is 0. The fourth-order valence-electron chi connectivity index (χ4n) is 5.35. The number of aliphatic hydroxyl groups excluding tert-OH is 1. The standard InChI is InChI=1S/C28H36F2N6O3/c1-18(14-25(29)30)33-27-32-15-23-24(16-36(26(23)34-27)21-6-8-22(37)9-7-21)20-4-2-19(3-5-20)17-39-28(38)35-12-10-31-11-13-35/h2-5,15-16,18,21-22,25,31,37H,6-14,17H2,1H3,(H,32,33,34)/t18-,21?,22?/m0/s1. The number of benzene rings is 1. The molecule has 2 fully saturated rings. The molecule has 1 saturated carbocycles. The van der Waals surface area contributed by atoms with Crippen LogP contribution in [0.1, 0.15) is 50.6 Å². The van der Waals surface area contributed by atoms with Gasteiger partial charge in [0.1, 0.15) is 12.3 Å². The number of carbonyl (C=O) groups excluding carboxylic acids is 1. The second-order valence-electron chi connectivity index (χ2n) is 10.5. The second kappa shape index (κ2) is 12.3. The average Bonchev–Trinajstić information content (AvgIpc) is 3.31. The van der Waals surface area contributed by atoms with E-state index in [1.807, 2.05) is 24.3 Å². The first-order valence-electron chi connectivity index (χ1n) is 13.7. The number of hydrogen-bond donors (Lipinski definition) is 3. The van der Waals surface area contributed by atoms with Gasteiger partial charge in [-0.3, -0.25) is 0 Å². The van der Waals surface area contributed by atoms with Gasteiger partial charge in [0.05, 0.1) is 6.10 Å². The lowest BCUT2D eigenvalue weighted by molar-refractivity contribution is 0.0918. The van der Waals surface area contributed by atoms with Crippen LogP contribution in [0.25, 0.3) is 22.2 Å². The van der Waals surface area contributed by atoms with Gasteiger partial charge in [0, 0.05) is 68.0 Å². The fraction of sp³-hybridized carbons (Fsp3) is 0.536. The van der Waals surface area contributed by atoms with E-state index in [2.05, 4.69) is 26.4 Å². The molecule has 1 saturated heterocycles. The normalized spacial score (nSPS) is 20.8. The number of alkyl halides is 2. The predicted octanol–water partition coefficient (Wildman–Crippen LogP) is 4.57. The maximum Gasteiger partial charge on any atom is 0.410 e. The Kier molecular flexibility index (Phi) is 8.56. The van der Waals surface area contributed by atoms with Gasteiger partial charge in [0.25, 0.3) is 0 Å². The quantitative estimate of drug-likeness (QED) is 0.383. The van der Waals surface area contributed by atoms with Crippen molar-refractivity contribution in [2.24, 2.45) is 0 Å². The van der Waals surface area contributed by atoms with Crippen LogP contribution in [0.2, 0.25) is 0 Å². The molecule has 2 aromatic heterocycles. The Morgan fingerprint density at radius 2 is 1.90 bits per heavy atom. The Balaban J connectivity index is 1.37. The molecule has 0 unspecified atom stereocenters. The fourth-order valence-corrected chi connectivity index (χ4v) is 5.35. The Morgan fingerprint density at radius 1 is 1.18 bits per heavy atom. The monoisotopic (exact) mass is 542 g/mol. The smallest absolute Gasteiger partial charge is 0.410 e. The summed E-state index contributed by atoms with van der Waals surface area (Å²) >= 11 is 0. The van der Waals surface area contributed by atoms with Crippen LogP contribution in [-0.2, 0) is 11.3 Å². The van der Waals surface area contributed by atoms with Crippen LogP contribution in [0.4, 0.5) is 19.5 Å². The third kappa shape index (κ3) is 6.65. The molecule has 11 heteroatoms. The maximum absolute atomic E-state index is 12.8. The number of aromatic nitrogens is 3. The van der Waals surface area contributed by atoms with E-state index in [4.69, 9.17) is 9.72 Å². The van der Waals surface area contributed by atoms with E-state index < -0.39 is 12.5 Å². The molecule has 1 atom stereocenters. The second-order valence-corrected chi connectivity index (χ2v) is 10.5. The minimum Gasteiger partial charge on any atom is -0.445 e. The van der Waals surface area contributed by atoms with Crippen molar-refractivity contribution in [1.29, 1.82) is 0 Å². The first-order valence-corrected chi connectivity index (χ1v) is 13.7. The lowest BCUT2D eigenvalue weighted by Gasteiger charge is -2.27. The Labute approximate surface area is 226 Å². The van der Waals surface area contributed by atoms with Gasteiger partial charge in [-0.1, -0.05) is 24.3 Å². The molecule has 39 heavy (non-hydrogen) atoms. The number of rotatable bonds is 8. The first-order chi connectivity index (χ1) is 18.9. The van der Waals surface area contributed by atoms with E-state index in [0.717, 1.165) is 66.5 Å². The molecule has 3 aromatic rings. The van der Waals surface area contributed by atoms with Crippen molar-refractivity contribution in [1.82, 2.24) is 24.8 Å². The number of fused-ring (bicyclic) bond motifs is 1. The molecule has 0 bridgehead atoms. The van der Waals surface area contributed by atoms with Crippen LogP contribution in [0.5, 0.6) is 0 Å². The van der Waals surface area contributed by atoms with Crippen LogP contribution in [-0.4, -0.2) is 75.4 Å². The number of carbonyl (C=O) groups is 1. The third-order valence-corrected chi connectivity index (χ3v) is 7.54. The molecule has 0 spiro atoms. The molecule has 3 heterocycles. The van der Waals surface area contributed by atoms with Crippen LogP contribution >= 0.6 is 0 Å². The molecule has 210 valence electrons. The summed E-state index contributed by atoms with van der Waals surface area (Å²) in [4.78, 5) is 23.2. The highest BCUT2D eigenvalue weighted by Crippen LogP contribution is 2.37. The van der Waals surface area contributed by atoms with E-state index in [1.165, 1.54) is 0 Å². The van der Waals surface area contributed by atoms with Crippen LogP contribution in [0.15, 0.2) is 36.7 Å². The molecule has 0 radical (unpaired) electrons. The van der Waals surface area contributed by atoms with Crippen molar-refractivity contribution in [3.63, 3.8) is 0 Å². The minimum absolute atomic E-state index is 0.176. The highest BCUT2D eigenvalue weighted by molar-refractivity contribution is 5.94. The summed E-state index contributed by atoms with van der Waals surface area (Å²) in [6.07, 6.45) is 3.65. The summed E-state index contributed by atoms with van der Waals surface area (Å²) in [5.41, 5.74) is 3.57. The van der Waals surface area contributed by atoms with Gasteiger partial charge < -0.3 is 29.9 Å². The lowest BCUT2D eigenvalue weighted by atomic mass is 9.93. The van der Waals surface area contributed by atoms with Crippen molar-refractivity contribution in [3.05, 3.63) is 42.2 Å². The van der Waals surface area contributed by atoms with Crippen molar-refractivity contribution >= 4 is 23.1 Å². The highest BCUT2D eigenvalue weighted by Gasteiger charge is 2.25. The number of ether oxygens (including phenoxy) is 1. The molecule has 1 aromatic carbocycles. The number of halogens is 2. The average molecular weight is 543 g/mol. The van der Waals surface area contributed by atoms with Gasteiger partial charge in [-0.05, 0) is 43.7 Å². The summed E-state index contributed by atoms with van der Waals surface area (Å²) in [6, 6.07) is 7.59. The van der Waals surface area contributed by atoms with Crippen LogP contribution < -0.4 is 10.6 Å². The van der Waals surface area contributed by atoms with E-state index in [1.54, 1.807) is 18.0 Å². The molecular weight excluding hydrogens is 506 g/mol. The summed E-state index contributed by atoms with van der Waals surface area (Å²) in [6.45, 7) is 4.72. The summed E-state index contributed by atoms with van der Waals surface area (Å²) < 4.78 is 33.3. The molecule has 3 N–H and O–H groups in total. The van der Waals surface area contributed by atoms with Crippen molar-refractivity contribution in [2.75, 3.05) is 31.5 Å². The zero-order valence-corrected chi connectivity index (χ0v) is 22.2. The predicted molar refractivity (Wildman–Crippen MR) is 145 cm³/mol. The molecular formula is C28H36F2N6O3. The van der Waals surface area contributed by atoms with Gasteiger partial charge in [0.2, 0.25) is 12.4 Å². The van der Waals surface area contributed by atoms with Crippen LogP contribution in [0.3, 0.4) is 0 Å². The highest BCUT2D eigenvalue weighted by atomic mass is 19.3. The first kappa shape index (κ1) is 27.3. The molecule has 1 aliphatic heterocycles. The Morgan fingerprint density at radius 3 is 2.59 bits per heavy atom. The van der Waals surface area contributed by atoms with Gasteiger partial charge in [0.15, 0.2) is 0 Å². The molecule has 1 aliphatic carbocycles. The molecule has 9 nitrogen and oxygen atoms in total. The molecule has 2 aliphatic rings. The number of piperazine rings is 1. The number of nitrogens with one attached hydrogen (secondary N) is 2. The van der Waals surface area contributed by atoms with Gasteiger partial charge >= 0.3 is 6.09 Å². The number of nitrogens with zero attached hydrogens (tertiary/aromatic N) is 4. The number of hydrogen-bond acceptors (Lipinski definition) is 7. The Hall–Kier alpha value is -3.31. The number of anilines is 1. The zero-order valence-electron chi connectivity index (χ0n) is 22.2. The molecule has 5 rings (SSSR count). The minimum atomic E-state index is -2.41. The SMILES string of the molecule is C[C@@H](CC(F)F)Nc1ncc2c(-c3ccc(COC(=O)N4CCNCC4)cc3)cn(C3CCC(O)CC3)c2n1. The number of amides is 1. The van der Waals surface area contributed by atoms with E-state index in [9.17, 15) is 18.7 Å². The van der Waals surface area contributed by atoms with Gasteiger partial charge in [-0.15, -0.1) is 0 Å². The van der Waals surface area contributed by atoms with E-state index >= 15 is 0 Å². The third-order valence-electron chi connectivity index (χ3n) is 7.54. The number of aliphatic hydroxyl groups is 1.